The molecule has 2 aliphatic rings. The number of nitrogen functional groups attached to an aromatic ring is 1. The highest BCUT2D eigenvalue weighted by Crippen LogP contribution is 2.40. The molecule has 5 rings (SSSR count). The predicted octanol–water partition coefficient (Wildman–Crippen LogP) is 2.16. The van der Waals surface area contributed by atoms with Crippen LogP contribution < -0.4 is 5.73 Å². The van der Waals surface area contributed by atoms with Gasteiger partial charge in [0.2, 0.25) is 5.95 Å². The van der Waals surface area contributed by atoms with Gasteiger partial charge in [-0.3, -0.25) is 4.79 Å². The molecule has 1 fully saturated rings. The number of carbonyl (C=O) groups excluding carboxylic acids is 1. The molecule has 1 saturated heterocycles. The van der Waals surface area contributed by atoms with Crippen molar-refractivity contribution in [3.8, 4) is 11.4 Å². The molecule has 0 unspecified atom stereocenters. The van der Waals surface area contributed by atoms with Gasteiger partial charge in [0.1, 0.15) is 17.1 Å². The summed E-state index contributed by atoms with van der Waals surface area (Å²) in [4.78, 5) is 28.2. The Balaban J connectivity index is 1.36. The monoisotopic (exact) mass is 404 g/mol. The zero-order chi connectivity index (χ0) is 20.7. The van der Waals surface area contributed by atoms with Crippen molar-refractivity contribution in [2.75, 3.05) is 25.4 Å². The van der Waals surface area contributed by atoms with Gasteiger partial charge in [0.15, 0.2) is 0 Å². The Hall–Kier alpha value is -3.26. The van der Waals surface area contributed by atoms with E-state index in [1.165, 1.54) is 0 Å². The number of aromatic nitrogens is 4. The largest absolute Gasteiger partial charge is 0.368 e. The summed E-state index contributed by atoms with van der Waals surface area (Å²) in [6.45, 7) is 1.82. The highest BCUT2D eigenvalue weighted by Gasteiger charge is 2.43. The molecule has 0 atom stereocenters. The smallest absolute Gasteiger partial charge is 0.272 e. The normalized spacial score (nSPS) is 17.7. The summed E-state index contributed by atoms with van der Waals surface area (Å²) in [6, 6.07) is 9.88. The van der Waals surface area contributed by atoms with E-state index in [4.69, 9.17) is 10.5 Å². The molecule has 2 aliphatic heterocycles. The second-order valence-corrected chi connectivity index (χ2v) is 7.88. The van der Waals surface area contributed by atoms with Crippen molar-refractivity contribution in [3.05, 3.63) is 59.7 Å². The molecule has 4 heterocycles. The lowest BCUT2D eigenvalue weighted by Gasteiger charge is -2.43. The molecule has 1 aromatic carbocycles. The average molecular weight is 404 g/mol. The van der Waals surface area contributed by atoms with E-state index in [9.17, 15) is 4.79 Å². The van der Waals surface area contributed by atoms with Crippen molar-refractivity contribution in [2.24, 2.45) is 7.05 Å². The molecule has 8 nitrogen and oxygen atoms in total. The topological polar surface area (TPSA) is 99.2 Å². The third-order valence-corrected chi connectivity index (χ3v) is 6.16. The third kappa shape index (κ3) is 3.04. The minimum Gasteiger partial charge on any atom is -0.368 e. The first kappa shape index (κ1) is 18.7. The molecule has 8 heteroatoms. The number of likely N-dealkylation sites (tertiary alicyclic amines) is 1. The van der Waals surface area contributed by atoms with Crippen LogP contribution in [0.3, 0.4) is 0 Å². The lowest BCUT2D eigenvalue weighted by Crippen LogP contribution is -2.49. The number of nitrogens with two attached hydrogens (primary N) is 1. The molecule has 0 saturated carbocycles. The summed E-state index contributed by atoms with van der Waals surface area (Å²) in [7, 11) is 1.88. The van der Waals surface area contributed by atoms with Gasteiger partial charge >= 0.3 is 0 Å². The van der Waals surface area contributed by atoms with E-state index in [2.05, 4.69) is 15.0 Å². The molecular weight excluding hydrogens is 380 g/mol. The van der Waals surface area contributed by atoms with E-state index in [0.29, 0.717) is 38.2 Å². The standard InChI is InChI=1S/C22H24N6O2/c1-27-17(14-24-19(27)15-5-3-2-4-6-15)20(29)28-10-8-22(9-11-28)18-16(7-12-30-22)13-25-21(23)26-18/h2-6,13-14H,7-12H2,1H3,(H2,23,25,26). The summed E-state index contributed by atoms with van der Waals surface area (Å²) in [6.07, 6.45) is 5.63. The van der Waals surface area contributed by atoms with Gasteiger partial charge in [-0.25, -0.2) is 15.0 Å². The van der Waals surface area contributed by atoms with Gasteiger partial charge in [0.05, 0.1) is 18.5 Å². The van der Waals surface area contributed by atoms with Crippen molar-refractivity contribution in [1.82, 2.24) is 24.4 Å². The highest BCUT2D eigenvalue weighted by molar-refractivity contribution is 5.93. The molecule has 154 valence electrons. The Bertz CT molecular complexity index is 1090. The summed E-state index contributed by atoms with van der Waals surface area (Å²) in [5.74, 6) is 1.03. The van der Waals surface area contributed by atoms with E-state index in [-0.39, 0.29) is 11.9 Å². The van der Waals surface area contributed by atoms with Crippen LogP contribution in [0.4, 0.5) is 5.95 Å². The number of piperidine rings is 1. The molecule has 2 N–H and O–H groups in total. The van der Waals surface area contributed by atoms with Gasteiger partial charge in [-0.1, -0.05) is 30.3 Å². The third-order valence-electron chi connectivity index (χ3n) is 6.16. The number of carbonyl (C=O) groups is 1. The molecule has 30 heavy (non-hydrogen) atoms. The maximum absolute atomic E-state index is 13.2. The number of hydrogen-bond donors (Lipinski definition) is 1. The second-order valence-electron chi connectivity index (χ2n) is 7.88. The summed E-state index contributed by atoms with van der Waals surface area (Å²) >= 11 is 0. The van der Waals surface area contributed by atoms with Gasteiger partial charge in [-0.2, -0.15) is 0 Å². The Labute approximate surface area is 174 Å². The first-order valence-electron chi connectivity index (χ1n) is 10.2. The van der Waals surface area contributed by atoms with E-state index >= 15 is 0 Å². The molecule has 0 aliphatic carbocycles. The molecule has 1 spiro atoms. The lowest BCUT2D eigenvalue weighted by atomic mass is 9.83. The number of rotatable bonds is 2. The SMILES string of the molecule is Cn1c(C(=O)N2CCC3(CC2)OCCc2cnc(N)nc23)cnc1-c1ccccc1. The van der Waals surface area contributed by atoms with Crippen LogP contribution in [-0.2, 0) is 23.8 Å². The Morgan fingerprint density at radius 3 is 2.67 bits per heavy atom. The average Bonchev–Trinajstić information content (AvgIpc) is 3.16. The zero-order valence-corrected chi connectivity index (χ0v) is 16.9. The van der Waals surface area contributed by atoms with Crippen molar-refractivity contribution in [3.63, 3.8) is 0 Å². The quantitative estimate of drug-likeness (QED) is 0.703. The van der Waals surface area contributed by atoms with Crippen LogP contribution in [0, 0.1) is 0 Å². The number of amides is 1. The van der Waals surface area contributed by atoms with Gasteiger partial charge < -0.3 is 19.9 Å². The molecular formula is C22H24N6O2. The first-order chi connectivity index (χ1) is 14.6. The number of fused-ring (bicyclic) bond motifs is 2. The number of imidazole rings is 1. The van der Waals surface area contributed by atoms with Gasteiger partial charge in [0.25, 0.3) is 5.91 Å². The maximum Gasteiger partial charge on any atom is 0.272 e. The minimum absolute atomic E-state index is 0.0136. The zero-order valence-electron chi connectivity index (χ0n) is 16.9. The summed E-state index contributed by atoms with van der Waals surface area (Å²) in [5, 5.41) is 0. The Morgan fingerprint density at radius 2 is 1.90 bits per heavy atom. The number of hydrogen-bond acceptors (Lipinski definition) is 6. The summed E-state index contributed by atoms with van der Waals surface area (Å²) < 4.78 is 8.07. The number of ether oxygens (including phenoxy) is 1. The molecule has 2 aromatic heterocycles. The van der Waals surface area contributed by atoms with E-state index in [0.717, 1.165) is 29.1 Å². The van der Waals surface area contributed by atoms with E-state index in [1.54, 1.807) is 12.4 Å². The second kappa shape index (κ2) is 7.21. The van der Waals surface area contributed by atoms with Crippen LogP contribution in [0.15, 0.2) is 42.7 Å². The van der Waals surface area contributed by atoms with Crippen LogP contribution >= 0.6 is 0 Å². The minimum atomic E-state index is -0.483. The molecule has 1 amide bonds. The molecule has 0 bridgehead atoms. The predicted molar refractivity (Wildman–Crippen MR) is 112 cm³/mol. The van der Waals surface area contributed by atoms with Gasteiger partial charge in [0, 0.05) is 31.9 Å². The van der Waals surface area contributed by atoms with E-state index < -0.39 is 5.60 Å². The summed E-state index contributed by atoms with van der Waals surface area (Å²) in [5.41, 5.74) is 8.91. The van der Waals surface area contributed by atoms with Crippen LogP contribution in [0.2, 0.25) is 0 Å². The Kier molecular flexibility index (Phi) is 4.51. The number of nitrogens with zero attached hydrogens (tertiary/aromatic N) is 5. The first-order valence-corrected chi connectivity index (χ1v) is 10.2. The van der Waals surface area contributed by atoms with Crippen molar-refractivity contribution < 1.29 is 9.53 Å². The fourth-order valence-electron chi connectivity index (χ4n) is 4.50. The van der Waals surface area contributed by atoms with Crippen molar-refractivity contribution in [2.45, 2.75) is 24.9 Å². The van der Waals surface area contributed by atoms with Gasteiger partial charge in [-0.05, 0) is 24.8 Å². The fraction of sp³-hybridized carbons (Fsp3) is 0.364. The van der Waals surface area contributed by atoms with Gasteiger partial charge in [-0.15, -0.1) is 0 Å². The number of benzene rings is 1. The maximum atomic E-state index is 13.2. The number of anilines is 1. The van der Waals surface area contributed by atoms with Crippen LogP contribution in [0.1, 0.15) is 34.6 Å². The highest BCUT2D eigenvalue weighted by atomic mass is 16.5. The lowest BCUT2D eigenvalue weighted by molar-refractivity contribution is -0.0967. The van der Waals surface area contributed by atoms with Crippen molar-refractivity contribution >= 4 is 11.9 Å². The van der Waals surface area contributed by atoms with Crippen molar-refractivity contribution in [1.29, 1.82) is 0 Å². The van der Waals surface area contributed by atoms with E-state index in [1.807, 2.05) is 46.8 Å². The molecule has 3 aromatic rings. The Morgan fingerprint density at radius 1 is 1.13 bits per heavy atom. The van der Waals surface area contributed by atoms with Crippen LogP contribution in [0.5, 0.6) is 0 Å². The van der Waals surface area contributed by atoms with Crippen LogP contribution in [-0.4, -0.2) is 50.0 Å². The fourth-order valence-corrected chi connectivity index (χ4v) is 4.50. The van der Waals surface area contributed by atoms with Crippen LogP contribution in [0.25, 0.3) is 11.4 Å². The molecule has 0 radical (unpaired) electrons.